The molecule has 0 aromatic heterocycles. The average Bonchev–Trinajstić information content (AvgIpc) is 1.60. The third-order valence-electron chi connectivity index (χ3n) is 1.66. The standard InChI is InChI=1S/C6H16N2.2ClH.Pt/c1-5(2,7)6(3,4)8;;;/h7-8H2,1-4H3;2*1H;/q;;;+2/p-2. The normalized spacial score (nSPS) is 12.4. The molecule has 0 bridgehead atoms. The summed E-state index contributed by atoms with van der Waals surface area (Å²) in [5, 5.41) is 0. The van der Waals surface area contributed by atoms with Gasteiger partial charge in [-0.15, -0.1) is 0 Å². The van der Waals surface area contributed by atoms with Gasteiger partial charge in [0.25, 0.3) is 0 Å². The van der Waals surface area contributed by atoms with E-state index in [2.05, 4.69) is 0 Å². The predicted molar refractivity (Wildman–Crippen MR) is 48.2 cm³/mol. The maximum atomic E-state index is 5.69. The van der Waals surface area contributed by atoms with Gasteiger partial charge in [0.05, 0.1) is 0 Å². The van der Waals surface area contributed by atoms with Crippen molar-refractivity contribution >= 4 is 18.8 Å². The van der Waals surface area contributed by atoms with Gasteiger partial charge in [-0.05, 0) is 27.7 Å². The number of hydrogen-bond acceptors (Lipinski definition) is 2. The van der Waals surface area contributed by atoms with Crippen LogP contribution in [0.2, 0.25) is 0 Å². The van der Waals surface area contributed by atoms with E-state index in [0.29, 0.717) is 0 Å². The Bertz CT molecular complexity index is 83.7. The summed E-state index contributed by atoms with van der Waals surface area (Å²) in [5.41, 5.74) is 10.8. The Balaban J connectivity index is 0. The van der Waals surface area contributed by atoms with Crippen LogP contribution in [0.3, 0.4) is 0 Å². The van der Waals surface area contributed by atoms with Gasteiger partial charge in [0, 0.05) is 11.1 Å². The second-order valence-corrected chi connectivity index (χ2v) is 6.77. The first-order valence-electron chi connectivity index (χ1n) is 3.07. The summed E-state index contributed by atoms with van der Waals surface area (Å²) in [4.78, 5) is 0. The molecular formula is C6H16Cl2N2Pt. The Morgan fingerprint density at radius 2 is 1.00 bits per heavy atom. The van der Waals surface area contributed by atoms with Crippen molar-refractivity contribution in [1.82, 2.24) is 0 Å². The molecule has 0 unspecified atom stereocenters. The molecule has 0 aromatic rings. The van der Waals surface area contributed by atoms with Gasteiger partial charge in [0.2, 0.25) is 0 Å². The molecule has 0 radical (unpaired) electrons. The first-order chi connectivity index (χ1) is 4.66. The summed E-state index contributed by atoms with van der Waals surface area (Å²) < 4.78 is 0. The minimum absolute atomic E-state index is 0.285. The van der Waals surface area contributed by atoms with Crippen LogP contribution in [0.5, 0.6) is 0 Å². The summed E-state index contributed by atoms with van der Waals surface area (Å²) in [6.07, 6.45) is 0. The van der Waals surface area contributed by atoms with E-state index >= 15 is 0 Å². The topological polar surface area (TPSA) is 52.0 Å². The SMILES string of the molecule is CC(C)(N)C(C)(C)N.[Cl][Pt][Cl]. The molecule has 0 saturated heterocycles. The second-order valence-electron chi connectivity index (χ2n) is 3.49. The van der Waals surface area contributed by atoms with Gasteiger partial charge in [-0.2, -0.15) is 0 Å². The zero-order chi connectivity index (χ0) is 9.71. The molecular weight excluding hydrogens is 366 g/mol. The van der Waals surface area contributed by atoms with Gasteiger partial charge in [-0.1, -0.05) is 0 Å². The molecule has 0 atom stereocenters. The summed E-state index contributed by atoms with van der Waals surface area (Å²) in [6, 6.07) is 0. The van der Waals surface area contributed by atoms with Gasteiger partial charge in [0.1, 0.15) is 0 Å². The molecule has 0 aliphatic carbocycles. The first-order valence-corrected chi connectivity index (χ1v) is 8.70. The number of nitrogens with two attached hydrogens (primary N) is 2. The van der Waals surface area contributed by atoms with Crippen LogP contribution in [0.4, 0.5) is 0 Å². The van der Waals surface area contributed by atoms with E-state index in [4.69, 9.17) is 30.3 Å². The molecule has 0 aliphatic rings. The Kier molecular flexibility index (Phi) is 7.71. The van der Waals surface area contributed by atoms with E-state index in [1.807, 2.05) is 27.7 Å². The van der Waals surface area contributed by atoms with E-state index in [1.54, 1.807) is 0 Å². The van der Waals surface area contributed by atoms with Crippen molar-refractivity contribution in [2.24, 2.45) is 11.5 Å². The fourth-order valence-corrected chi connectivity index (χ4v) is 0. The first kappa shape index (κ1) is 14.7. The summed E-state index contributed by atoms with van der Waals surface area (Å²) in [7, 11) is 9.75. The van der Waals surface area contributed by atoms with Gasteiger partial charge in [-0.3, -0.25) is 0 Å². The molecule has 74 valence electrons. The molecule has 11 heavy (non-hydrogen) atoms. The third-order valence-corrected chi connectivity index (χ3v) is 1.66. The Morgan fingerprint density at radius 1 is 0.909 bits per heavy atom. The van der Waals surface area contributed by atoms with Crippen LogP contribution in [0.15, 0.2) is 0 Å². The van der Waals surface area contributed by atoms with Crippen molar-refractivity contribution < 1.29 is 16.5 Å². The Morgan fingerprint density at radius 3 is 1.00 bits per heavy atom. The van der Waals surface area contributed by atoms with Gasteiger partial charge in [0.15, 0.2) is 0 Å². The van der Waals surface area contributed by atoms with Gasteiger partial charge in [-0.25, -0.2) is 0 Å². The molecule has 0 aromatic carbocycles. The third kappa shape index (κ3) is 9.10. The molecule has 0 rings (SSSR count). The molecule has 2 nitrogen and oxygen atoms in total. The summed E-state index contributed by atoms with van der Waals surface area (Å²) in [6.45, 7) is 7.69. The average molecular weight is 382 g/mol. The molecule has 0 saturated carbocycles. The van der Waals surface area contributed by atoms with E-state index in [1.165, 1.54) is 0 Å². The monoisotopic (exact) mass is 381 g/mol. The molecule has 0 amide bonds. The molecule has 0 heterocycles. The molecule has 5 heteroatoms. The van der Waals surface area contributed by atoms with Gasteiger partial charge < -0.3 is 11.5 Å². The molecule has 0 aliphatic heterocycles. The van der Waals surface area contributed by atoms with Gasteiger partial charge >= 0.3 is 35.3 Å². The van der Waals surface area contributed by atoms with Crippen LogP contribution >= 0.6 is 18.8 Å². The molecule has 4 N–H and O–H groups in total. The predicted octanol–water partition coefficient (Wildman–Crippen LogP) is 1.84. The molecule has 0 fully saturated rings. The van der Waals surface area contributed by atoms with E-state index in [0.717, 1.165) is 0 Å². The quantitative estimate of drug-likeness (QED) is 0.727. The fraction of sp³-hybridized carbons (Fsp3) is 1.00. The van der Waals surface area contributed by atoms with Crippen molar-refractivity contribution in [3.63, 3.8) is 0 Å². The fourth-order valence-electron chi connectivity index (χ4n) is 0. The van der Waals surface area contributed by atoms with E-state index in [-0.39, 0.29) is 11.1 Å². The second kappa shape index (κ2) is 5.77. The van der Waals surface area contributed by atoms with Crippen LogP contribution in [-0.2, 0) is 16.5 Å². The minimum atomic E-state index is -0.472. The van der Waals surface area contributed by atoms with Crippen molar-refractivity contribution in [3.05, 3.63) is 0 Å². The van der Waals surface area contributed by atoms with Crippen LogP contribution in [-0.4, -0.2) is 11.1 Å². The molecule has 0 spiro atoms. The zero-order valence-corrected chi connectivity index (χ0v) is 11.0. The summed E-state index contributed by atoms with van der Waals surface area (Å²) >= 11 is -0.472. The van der Waals surface area contributed by atoms with Crippen molar-refractivity contribution in [2.75, 3.05) is 0 Å². The maximum absolute atomic E-state index is 5.69. The van der Waals surface area contributed by atoms with Crippen molar-refractivity contribution in [2.45, 2.75) is 38.8 Å². The number of hydrogen-bond donors (Lipinski definition) is 2. The van der Waals surface area contributed by atoms with Crippen LogP contribution in [0, 0.1) is 0 Å². The van der Waals surface area contributed by atoms with Crippen LogP contribution in [0.25, 0.3) is 0 Å². The van der Waals surface area contributed by atoms with E-state index in [9.17, 15) is 0 Å². The van der Waals surface area contributed by atoms with Crippen LogP contribution in [0.1, 0.15) is 27.7 Å². The van der Waals surface area contributed by atoms with E-state index < -0.39 is 16.5 Å². The Hall–Kier alpha value is 1.19. The Labute approximate surface area is 85.4 Å². The number of rotatable bonds is 1. The van der Waals surface area contributed by atoms with Crippen molar-refractivity contribution in [3.8, 4) is 0 Å². The summed E-state index contributed by atoms with van der Waals surface area (Å²) in [5.74, 6) is 0. The number of halogens is 2. The van der Waals surface area contributed by atoms with Crippen LogP contribution < -0.4 is 11.5 Å². The zero-order valence-electron chi connectivity index (χ0n) is 7.23. The van der Waals surface area contributed by atoms with Crippen molar-refractivity contribution in [1.29, 1.82) is 0 Å².